The highest BCUT2D eigenvalue weighted by Crippen LogP contribution is 2.14. The lowest BCUT2D eigenvalue weighted by molar-refractivity contribution is -0.137. The molecule has 1 fully saturated rings. The van der Waals surface area contributed by atoms with Gasteiger partial charge in [0, 0.05) is 23.6 Å². The van der Waals surface area contributed by atoms with Gasteiger partial charge in [-0.15, -0.1) is 11.8 Å². The molecule has 92 valence electrons. The van der Waals surface area contributed by atoms with Crippen LogP contribution < -0.4 is 10.6 Å². The minimum atomic E-state index is -0.836. The number of thioether (sulfide) groups is 1. The van der Waals surface area contributed by atoms with Crippen molar-refractivity contribution in [3.8, 4) is 0 Å². The molecule has 1 saturated heterocycles. The summed E-state index contributed by atoms with van der Waals surface area (Å²) in [6.07, 6.45) is 0.508. The van der Waals surface area contributed by atoms with Crippen molar-refractivity contribution in [3.05, 3.63) is 0 Å². The van der Waals surface area contributed by atoms with Crippen LogP contribution in [-0.2, 0) is 9.59 Å². The normalized spacial score (nSPS) is 20.8. The van der Waals surface area contributed by atoms with Crippen molar-refractivity contribution in [1.29, 1.82) is 0 Å². The smallest absolute Gasteiger partial charge is 0.303 e. The van der Waals surface area contributed by atoms with Crippen LogP contribution in [0.3, 0.4) is 0 Å². The molecule has 0 radical (unpaired) electrons. The van der Waals surface area contributed by atoms with Crippen molar-refractivity contribution < 1.29 is 14.7 Å². The van der Waals surface area contributed by atoms with Crippen LogP contribution in [-0.4, -0.2) is 40.2 Å². The van der Waals surface area contributed by atoms with Gasteiger partial charge in [-0.25, -0.2) is 0 Å². The van der Waals surface area contributed by atoms with Crippen molar-refractivity contribution in [2.75, 3.05) is 11.6 Å². The van der Waals surface area contributed by atoms with E-state index in [1.54, 1.807) is 11.8 Å². The van der Waals surface area contributed by atoms with E-state index in [2.05, 4.69) is 10.6 Å². The Kier molecular flexibility index (Phi) is 4.61. The summed E-state index contributed by atoms with van der Waals surface area (Å²) >= 11 is 1.69. The van der Waals surface area contributed by atoms with E-state index in [0.29, 0.717) is 6.42 Å². The van der Waals surface area contributed by atoms with Gasteiger partial charge >= 0.3 is 5.97 Å². The molecule has 1 atom stereocenters. The van der Waals surface area contributed by atoms with Gasteiger partial charge in [0.2, 0.25) is 5.91 Å². The maximum Gasteiger partial charge on any atom is 0.303 e. The third-order valence-electron chi connectivity index (χ3n) is 2.46. The Balaban J connectivity index is 2.38. The second kappa shape index (κ2) is 5.54. The van der Waals surface area contributed by atoms with Crippen molar-refractivity contribution >= 4 is 23.6 Å². The Bertz CT molecular complexity index is 275. The highest BCUT2D eigenvalue weighted by molar-refractivity contribution is 7.99. The summed E-state index contributed by atoms with van der Waals surface area (Å²) in [7, 11) is 0. The average molecular weight is 246 g/mol. The van der Waals surface area contributed by atoms with Gasteiger partial charge in [0.25, 0.3) is 0 Å². The summed E-state index contributed by atoms with van der Waals surface area (Å²) in [4.78, 5) is 22.2. The first-order valence-corrected chi connectivity index (χ1v) is 6.41. The van der Waals surface area contributed by atoms with Crippen LogP contribution in [0.1, 0.15) is 26.7 Å². The maximum absolute atomic E-state index is 11.8. The van der Waals surface area contributed by atoms with Crippen LogP contribution >= 0.6 is 11.8 Å². The van der Waals surface area contributed by atoms with Gasteiger partial charge in [0.1, 0.15) is 0 Å². The molecule has 1 heterocycles. The molecule has 0 spiro atoms. The molecule has 1 unspecified atom stereocenters. The average Bonchev–Trinajstić information content (AvgIpc) is 2.67. The van der Waals surface area contributed by atoms with Gasteiger partial charge < -0.3 is 10.4 Å². The summed E-state index contributed by atoms with van der Waals surface area (Å²) in [5.41, 5.74) is -0.468. The van der Waals surface area contributed by atoms with Crippen molar-refractivity contribution in [3.63, 3.8) is 0 Å². The second-order valence-corrected chi connectivity index (χ2v) is 5.57. The number of carbonyl (C=O) groups is 2. The van der Waals surface area contributed by atoms with Gasteiger partial charge in [-0.3, -0.25) is 14.9 Å². The number of carboxylic acids is 1. The third kappa shape index (κ3) is 4.40. The number of hydrogen-bond acceptors (Lipinski definition) is 4. The number of rotatable bonds is 5. The molecule has 0 bridgehead atoms. The van der Waals surface area contributed by atoms with E-state index >= 15 is 0 Å². The largest absolute Gasteiger partial charge is 0.481 e. The van der Waals surface area contributed by atoms with E-state index in [1.165, 1.54) is 0 Å². The molecule has 6 heteroatoms. The minimum absolute atomic E-state index is 0.0413. The molecule has 1 rings (SSSR count). The molecule has 0 aliphatic carbocycles. The molecule has 16 heavy (non-hydrogen) atoms. The van der Waals surface area contributed by atoms with Crippen LogP contribution in [0.4, 0.5) is 0 Å². The predicted molar refractivity (Wildman–Crippen MR) is 63.3 cm³/mol. The van der Waals surface area contributed by atoms with Gasteiger partial charge in [-0.1, -0.05) is 0 Å². The Hall–Kier alpha value is -0.750. The van der Waals surface area contributed by atoms with E-state index < -0.39 is 11.5 Å². The summed E-state index contributed by atoms with van der Waals surface area (Å²) in [5, 5.41) is 14.5. The highest BCUT2D eigenvalue weighted by atomic mass is 32.2. The standard InChI is InChI=1S/C10H18N2O3S/c1-10(2,4-3-8(13)14)12-9(15)7-5-16-6-11-7/h7,11H,3-6H2,1-2H3,(H,12,15)(H,13,14). The summed E-state index contributed by atoms with van der Waals surface area (Å²) in [6, 6.07) is -0.144. The Morgan fingerprint density at radius 3 is 2.75 bits per heavy atom. The molecular weight excluding hydrogens is 228 g/mol. The first-order chi connectivity index (χ1) is 7.41. The third-order valence-corrected chi connectivity index (χ3v) is 3.40. The van der Waals surface area contributed by atoms with Gasteiger partial charge in [-0.2, -0.15) is 0 Å². The van der Waals surface area contributed by atoms with Crippen LogP contribution in [0, 0.1) is 0 Å². The number of amides is 1. The highest BCUT2D eigenvalue weighted by Gasteiger charge is 2.28. The molecular formula is C10H18N2O3S. The number of nitrogens with one attached hydrogen (secondary N) is 2. The summed E-state index contributed by atoms with van der Waals surface area (Å²) in [6.45, 7) is 3.69. The quantitative estimate of drug-likeness (QED) is 0.655. The van der Waals surface area contributed by atoms with Gasteiger partial charge in [-0.05, 0) is 20.3 Å². The Labute approximate surface area is 99.4 Å². The molecule has 5 nitrogen and oxygen atoms in total. The van der Waals surface area contributed by atoms with Crippen LogP contribution in [0.25, 0.3) is 0 Å². The minimum Gasteiger partial charge on any atom is -0.481 e. The topological polar surface area (TPSA) is 78.4 Å². The summed E-state index contributed by atoms with van der Waals surface area (Å²) in [5.74, 6) is 0.700. The van der Waals surface area contributed by atoms with E-state index in [4.69, 9.17) is 5.11 Å². The van der Waals surface area contributed by atoms with Crippen LogP contribution in [0.15, 0.2) is 0 Å². The zero-order valence-corrected chi connectivity index (χ0v) is 10.4. The van der Waals surface area contributed by atoms with Crippen molar-refractivity contribution in [2.24, 2.45) is 0 Å². The predicted octanol–water partition coefficient (Wildman–Crippen LogP) is 0.408. The number of carboxylic acid groups (broad SMARTS) is 1. The molecule has 1 aliphatic rings. The number of aliphatic carboxylic acids is 1. The monoisotopic (exact) mass is 246 g/mol. The number of carbonyl (C=O) groups excluding carboxylic acids is 1. The lowest BCUT2D eigenvalue weighted by Crippen LogP contribution is -2.51. The summed E-state index contributed by atoms with van der Waals surface area (Å²) < 4.78 is 0. The van der Waals surface area contributed by atoms with Crippen molar-refractivity contribution in [1.82, 2.24) is 10.6 Å². The van der Waals surface area contributed by atoms with Gasteiger partial charge in [0.05, 0.1) is 6.04 Å². The molecule has 3 N–H and O–H groups in total. The first-order valence-electron chi connectivity index (χ1n) is 5.26. The van der Waals surface area contributed by atoms with Crippen LogP contribution in [0.5, 0.6) is 0 Å². The van der Waals surface area contributed by atoms with Crippen molar-refractivity contribution in [2.45, 2.75) is 38.3 Å². The van der Waals surface area contributed by atoms with E-state index in [-0.39, 0.29) is 18.4 Å². The SMILES string of the molecule is CC(C)(CCC(=O)O)NC(=O)C1CSCN1. The lowest BCUT2D eigenvalue weighted by atomic mass is 9.98. The van der Waals surface area contributed by atoms with E-state index in [1.807, 2.05) is 13.8 Å². The van der Waals surface area contributed by atoms with Gasteiger partial charge in [0.15, 0.2) is 0 Å². The maximum atomic E-state index is 11.8. The molecule has 0 aromatic carbocycles. The molecule has 0 aromatic heterocycles. The second-order valence-electron chi connectivity index (χ2n) is 4.54. The molecule has 1 aliphatic heterocycles. The molecule has 1 amide bonds. The van der Waals surface area contributed by atoms with Crippen LogP contribution in [0.2, 0.25) is 0 Å². The Morgan fingerprint density at radius 2 is 2.25 bits per heavy atom. The fourth-order valence-electron chi connectivity index (χ4n) is 1.47. The molecule has 0 aromatic rings. The zero-order chi connectivity index (χ0) is 12.2. The Morgan fingerprint density at radius 1 is 1.56 bits per heavy atom. The molecule has 0 saturated carbocycles. The zero-order valence-electron chi connectivity index (χ0n) is 9.58. The van der Waals surface area contributed by atoms with E-state index in [0.717, 1.165) is 11.6 Å². The fraction of sp³-hybridized carbons (Fsp3) is 0.800. The number of hydrogen-bond donors (Lipinski definition) is 3. The lowest BCUT2D eigenvalue weighted by Gasteiger charge is -2.27. The fourth-order valence-corrected chi connectivity index (χ4v) is 2.41. The van der Waals surface area contributed by atoms with E-state index in [9.17, 15) is 9.59 Å². The first kappa shape index (κ1) is 13.3.